The van der Waals surface area contributed by atoms with E-state index in [0.717, 1.165) is 31.1 Å². The Balaban J connectivity index is -0.000000108. The minimum absolute atomic E-state index is 0.331. The van der Waals surface area contributed by atoms with Gasteiger partial charge >= 0.3 is 17.9 Å². The van der Waals surface area contributed by atoms with Gasteiger partial charge in [0.05, 0.1) is 0 Å². The maximum atomic E-state index is 9.25. The summed E-state index contributed by atoms with van der Waals surface area (Å²) in [5.74, 6) is -2.94. The number of rotatable bonds is 5. The van der Waals surface area contributed by atoms with Crippen LogP contribution in [0.2, 0.25) is 0 Å². The van der Waals surface area contributed by atoms with Gasteiger partial charge in [0, 0.05) is 24.8 Å². The van der Waals surface area contributed by atoms with Crippen LogP contribution in [0.25, 0.3) is 0 Å². The highest BCUT2D eigenvalue weighted by Crippen LogP contribution is 2.19. The number of aliphatic hydroxyl groups is 1. The van der Waals surface area contributed by atoms with Crippen LogP contribution in [0.3, 0.4) is 0 Å². The summed E-state index contributed by atoms with van der Waals surface area (Å²) < 4.78 is 0. The first kappa shape index (κ1) is 28.7. The Morgan fingerprint density at radius 3 is 1.09 bits per heavy atom. The van der Waals surface area contributed by atoms with Crippen LogP contribution in [0.15, 0.2) is 38.0 Å². The Bertz CT molecular complexity index is 322. The molecule has 0 aliphatic heterocycles. The zero-order valence-electron chi connectivity index (χ0n) is 14.0. The molecule has 0 saturated heterocycles. The van der Waals surface area contributed by atoms with E-state index in [9.17, 15) is 14.4 Å². The molecular weight excluding hydrogens is 304 g/mol. The van der Waals surface area contributed by atoms with Crippen LogP contribution in [0.1, 0.15) is 33.6 Å². The van der Waals surface area contributed by atoms with Crippen LogP contribution < -0.4 is 0 Å². The maximum Gasteiger partial charge on any atom is 0.327 e. The molecule has 134 valence electrons. The van der Waals surface area contributed by atoms with Crippen molar-refractivity contribution in [2.75, 3.05) is 6.61 Å². The monoisotopic (exact) mass is 332 g/mol. The Morgan fingerprint density at radius 2 is 1.04 bits per heavy atom. The molecule has 0 atom stereocenters. The molecule has 0 fully saturated rings. The summed E-state index contributed by atoms with van der Waals surface area (Å²) in [6.45, 7) is 15.8. The normalized spacial score (nSPS) is 8.35. The molecule has 0 aromatic rings. The maximum absolute atomic E-state index is 9.25. The second-order valence-corrected chi connectivity index (χ2v) is 5.01. The lowest BCUT2D eigenvalue weighted by molar-refractivity contribution is -0.132. The summed E-state index contributed by atoms with van der Waals surface area (Å²) in [5, 5.41) is 31.2. The number of hydrogen-bond donors (Lipinski definition) is 4. The van der Waals surface area contributed by atoms with Crippen LogP contribution in [0, 0.1) is 5.41 Å². The average Bonchev–Trinajstić information content (AvgIpc) is 2.46. The van der Waals surface area contributed by atoms with Gasteiger partial charge in [-0.25, -0.2) is 14.4 Å². The largest absolute Gasteiger partial charge is 0.478 e. The fourth-order valence-corrected chi connectivity index (χ4v) is 0.609. The molecule has 7 heteroatoms. The molecule has 4 N–H and O–H groups in total. The second kappa shape index (κ2) is 19.6. The second-order valence-electron chi connectivity index (χ2n) is 5.01. The van der Waals surface area contributed by atoms with Crippen LogP contribution >= 0.6 is 0 Å². The highest BCUT2D eigenvalue weighted by molar-refractivity contribution is 5.79. The van der Waals surface area contributed by atoms with Gasteiger partial charge in [-0.15, -0.1) is 0 Å². The van der Waals surface area contributed by atoms with Crippen molar-refractivity contribution in [2.45, 2.75) is 33.6 Å². The minimum Gasteiger partial charge on any atom is -0.478 e. The Morgan fingerprint density at radius 1 is 0.826 bits per heavy atom. The van der Waals surface area contributed by atoms with E-state index >= 15 is 0 Å². The first-order chi connectivity index (χ1) is 10.4. The van der Waals surface area contributed by atoms with E-state index in [1.165, 1.54) is 0 Å². The molecule has 0 saturated carbocycles. The van der Waals surface area contributed by atoms with Crippen LogP contribution in [-0.4, -0.2) is 44.9 Å². The lowest BCUT2D eigenvalue weighted by Gasteiger charge is -2.16. The van der Waals surface area contributed by atoms with E-state index in [1.54, 1.807) is 0 Å². The highest BCUT2D eigenvalue weighted by atomic mass is 16.4. The number of carbonyl (C=O) groups is 3. The molecule has 23 heavy (non-hydrogen) atoms. The third-order valence-corrected chi connectivity index (χ3v) is 1.61. The molecule has 0 aliphatic carbocycles. The summed E-state index contributed by atoms with van der Waals surface area (Å²) in [6, 6.07) is 0. The molecule has 0 heterocycles. The van der Waals surface area contributed by atoms with E-state index in [-0.39, 0.29) is 0 Å². The number of aliphatic hydroxyl groups excluding tert-OH is 1. The molecular formula is C16H28O7. The van der Waals surface area contributed by atoms with Crippen molar-refractivity contribution in [1.82, 2.24) is 0 Å². The predicted molar refractivity (Wildman–Crippen MR) is 89.3 cm³/mol. The van der Waals surface area contributed by atoms with Crippen molar-refractivity contribution in [3.05, 3.63) is 38.0 Å². The quantitative estimate of drug-likeness (QED) is 0.569. The van der Waals surface area contributed by atoms with Gasteiger partial charge in [0.25, 0.3) is 0 Å². The Hall–Kier alpha value is -2.41. The summed E-state index contributed by atoms with van der Waals surface area (Å²) in [7, 11) is 0. The molecule has 7 nitrogen and oxygen atoms in total. The van der Waals surface area contributed by atoms with Crippen molar-refractivity contribution < 1.29 is 34.8 Å². The molecule has 0 amide bonds. The number of hydrogen-bond acceptors (Lipinski definition) is 4. The van der Waals surface area contributed by atoms with E-state index in [4.69, 9.17) is 20.4 Å². The van der Waals surface area contributed by atoms with Gasteiger partial charge in [0.2, 0.25) is 0 Å². The van der Waals surface area contributed by atoms with Gasteiger partial charge in [-0.2, -0.15) is 0 Å². The van der Waals surface area contributed by atoms with E-state index in [1.807, 2.05) is 0 Å². The molecule has 0 rings (SSSR count). The number of carboxylic acid groups (broad SMARTS) is 3. The third-order valence-electron chi connectivity index (χ3n) is 1.61. The van der Waals surface area contributed by atoms with Crippen molar-refractivity contribution in [3.63, 3.8) is 0 Å². The van der Waals surface area contributed by atoms with Gasteiger partial charge in [0.15, 0.2) is 0 Å². The standard InChI is InChI=1S/C7H16O.3C3H4O2/c1-7(2,3)5-4-6-8;3*1-2-3(4)5/h8H,4-6H2,1-3H3;3*2H,1H2,(H,4,5). The van der Waals surface area contributed by atoms with E-state index < -0.39 is 17.9 Å². The van der Waals surface area contributed by atoms with Gasteiger partial charge in [-0.3, -0.25) is 0 Å². The summed E-state index contributed by atoms with van der Waals surface area (Å²) in [5.41, 5.74) is 0.392. The van der Waals surface area contributed by atoms with Crippen LogP contribution in [-0.2, 0) is 14.4 Å². The van der Waals surface area contributed by atoms with Gasteiger partial charge in [-0.05, 0) is 18.3 Å². The smallest absolute Gasteiger partial charge is 0.327 e. The summed E-state index contributed by atoms with van der Waals surface area (Å²) in [4.78, 5) is 27.8. The molecule has 0 bridgehead atoms. The van der Waals surface area contributed by atoms with Crippen molar-refractivity contribution in [3.8, 4) is 0 Å². The minimum atomic E-state index is -0.981. The zero-order chi connectivity index (χ0) is 19.5. The Labute approximate surface area is 137 Å². The van der Waals surface area contributed by atoms with E-state index in [0.29, 0.717) is 12.0 Å². The zero-order valence-corrected chi connectivity index (χ0v) is 14.0. The first-order valence-electron chi connectivity index (χ1n) is 6.54. The SMILES string of the molecule is C=CC(=O)O.C=CC(=O)O.C=CC(=O)O.CC(C)(C)CCCO. The molecule has 0 unspecified atom stereocenters. The van der Waals surface area contributed by atoms with Crippen LogP contribution in [0.5, 0.6) is 0 Å². The predicted octanol–water partition coefficient (Wildman–Crippen LogP) is 2.58. The first-order valence-corrected chi connectivity index (χ1v) is 6.54. The van der Waals surface area contributed by atoms with Crippen LogP contribution in [0.4, 0.5) is 0 Å². The van der Waals surface area contributed by atoms with Gasteiger partial charge in [-0.1, -0.05) is 40.5 Å². The molecule has 0 spiro atoms. The highest BCUT2D eigenvalue weighted by Gasteiger charge is 2.07. The molecule has 0 aliphatic rings. The fraction of sp³-hybridized carbons (Fsp3) is 0.438. The van der Waals surface area contributed by atoms with Crippen molar-refractivity contribution >= 4 is 17.9 Å². The molecule has 0 aromatic carbocycles. The Kier molecular flexibility index (Phi) is 24.5. The van der Waals surface area contributed by atoms with Crippen molar-refractivity contribution in [2.24, 2.45) is 5.41 Å². The fourth-order valence-electron chi connectivity index (χ4n) is 0.609. The average molecular weight is 332 g/mol. The molecule has 0 aromatic heterocycles. The molecule has 0 radical (unpaired) electrons. The van der Waals surface area contributed by atoms with Crippen molar-refractivity contribution in [1.29, 1.82) is 0 Å². The lowest BCUT2D eigenvalue weighted by atomic mass is 9.91. The van der Waals surface area contributed by atoms with Gasteiger partial charge < -0.3 is 20.4 Å². The van der Waals surface area contributed by atoms with E-state index in [2.05, 4.69) is 40.5 Å². The van der Waals surface area contributed by atoms with Gasteiger partial charge in [0.1, 0.15) is 0 Å². The summed E-state index contributed by atoms with van der Waals surface area (Å²) >= 11 is 0. The summed E-state index contributed by atoms with van der Waals surface area (Å²) in [6.07, 6.45) is 4.55. The number of aliphatic carboxylic acids is 3. The lowest BCUT2D eigenvalue weighted by Crippen LogP contribution is -2.04. The third kappa shape index (κ3) is 82.1. The topological polar surface area (TPSA) is 132 Å². The number of carboxylic acids is 3.